The summed E-state index contributed by atoms with van der Waals surface area (Å²) < 4.78 is 0. The Kier molecular flexibility index (Phi) is 1.99. The van der Waals surface area contributed by atoms with Gasteiger partial charge in [-0.15, -0.1) is 0 Å². The highest BCUT2D eigenvalue weighted by Crippen LogP contribution is 2.24. The van der Waals surface area contributed by atoms with E-state index in [-0.39, 0.29) is 0 Å². The molecule has 0 fully saturated rings. The molecule has 11 heavy (non-hydrogen) atoms. The number of aryl methyl sites for hydroxylation is 1. The van der Waals surface area contributed by atoms with Gasteiger partial charge in [-0.3, -0.25) is 0 Å². The summed E-state index contributed by atoms with van der Waals surface area (Å²) >= 11 is 3.66. The number of hydrogen-bond acceptors (Lipinski definition) is 0. The van der Waals surface area contributed by atoms with Gasteiger partial charge in [0.15, 0.2) is 0 Å². The van der Waals surface area contributed by atoms with Gasteiger partial charge in [0.05, 0.1) is 0 Å². The summed E-state index contributed by atoms with van der Waals surface area (Å²) in [6.07, 6.45) is 3.74. The van der Waals surface area contributed by atoms with Gasteiger partial charge in [0.2, 0.25) is 0 Å². The molecule has 0 bridgehead atoms. The normalized spacial score (nSPS) is 22.8. The van der Waals surface area contributed by atoms with Gasteiger partial charge < -0.3 is 0 Å². The summed E-state index contributed by atoms with van der Waals surface area (Å²) in [7, 11) is 0. The van der Waals surface area contributed by atoms with E-state index in [4.69, 9.17) is 0 Å². The summed E-state index contributed by atoms with van der Waals surface area (Å²) in [5.74, 6) is 0. The van der Waals surface area contributed by atoms with Crippen molar-refractivity contribution in [2.75, 3.05) is 0 Å². The van der Waals surface area contributed by atoms with E-state index in [9.17, 15) is 0 Å². The molecule has 1 aliphatic rings. The molecule has 1 atom stereocenters. The Balaban J connectivity index is 2.34. The lowest BCUT2D eigenvalue weighted by Gasteiger charge is -2.19. The summed E-state index contributed by atoms with van der Waals surface area (Å²) in [4.78, 5) is 0.706. The molecule has 0 amide bonds. The number of hydrogen-bond donors (Lipinski definition) is 0. The molecule has 1 aromatic rings. The Morgan fingerprint density at radius 3 is 2.73 bits per heavy atom. The van der Waals surface area contributed by atoms with Crippen molar-refractivity contribution in [3.63, 3.8) is 0 Å². The van der Waals surface area contributed by atoms with Crippen LogP contribution >= 0.6 is 15.9 Å². The van der Waals surface area contributed by atoms with E-state index in [1.807, 2.05) is 0 Å². The van der Waals surface area contributed by atoms with Gasteiger partial charge in [-0.1, -0.05) is 40.2 Å². The minimum Gasteiger partial charge on any atom is -0.0887 e. The van der Waals surface area contributed by atoms with Crippen LogP contribution in [-0.2, 0) is 12.8 Å². The molecule has 58 valence electrons. The average molecular weight is 211 g/mol. The maximum atomic E-state index is 3.66. The summed E-state index contributed by atoms with van der Waals surface area (Å²) in [5.41, 5.74) is 3.07. The highest BCUT2D eigenvalue weighted by molar-refractivity contribution is 9.09. The van der Waals surface area contributed by atoms with E-state index in [0.717, 1.165) is 0 Å². The smallest absolute Gasteiger partial charge is 0.0189 e. The van der Waals surface area contributed by atoms with Crippen molar-refractivity contribution >= 4 is 15.9 Å². The molecule has 0 heterocycles. The Morgan fingerprint density at radius 2 is 1.91 bits per heavy atom. The molecule has 0 radical (unpaired) electrons. The van der Waals surface area contributed by atoms with E-state index in [0.29, 0.717) is 4.83 Å². The molecule has 1 heteroatoms. The van der Waals surface area contributed by atoms with Crippen molar-refractivity contribution in [2.45, 2.75) is 24.1 Å². The molecule has 1 aliphatic carbocycles. The minimum atomic E-state index is 0.706. The van der Waals surface area contributed by atoms with Crippen molar-refractivity contribution in [2.24, 2.45) is 0 Å². The van der Waals surface area contributed by atoms with E-state index in [2.05, 4.69) is 40.2 Å². The molecule has 2 rings (SSSR count). The van der Waals surface area contributed by atoms with Gasteiger partial charge in [-0.2, -0.15) is 0 Å². The molecule has 0 aromatic heterocycles. The van der Waals surface area contributed by atoms with Crippen molar-refractivity contribution in [1.29, 1.82) is 0 Å². The number of alkyl halides is 1. The van der Waals surface area contributed by atoms with E-state index in [1.165, 1.54) is 24.8 Å². The fourth-order valence-corrected chi connectivity index (χ4v) is 2.23. The molecule has 0 saturated heterocycles. The zero-order chi connectivity index (χ0) is 7.68. The fourth-order valence-electron chi connectivity index (χ4n) is 1.65. The molecule has 0 spiro atoms. The fraction of sp³-hybridized carbons (Fsp3) is 0.400. The Bertz CT molecular complexity index is 255. The molecular formula is C10H11Br. The molecule has 0 nitrogen and oxygen atoms in total. The van der Waals surface area contributed by atoms with Gasteiger partial charge in [0, 0.05) is 4.83 Å². The second kappa shape index (κ2) is 2.98. The Labute approximate surface area is 75.8 Å². The molecule has 1 aromatic carbocycles. The van der Waals surface area contributed by atoms with Crippen LogP contribution in [0.3, 0.4) is 0 Å². The number of rotatable bonds is 0. The first-order valence-electron chi connectivity index (χ1n) is 4.07. The van der Waals surface area contributed by atoms with Crippen LogP contribution in [-0.4, -0.2) is 4.83 Å². The average Bonchev–Trinajstić information content (AvgIpc) is 2.04. The molecule has 0 aliphatic heterocycles. The maximum absolute atomic E-state index is 3.66. The first kappa shape index (κ1) is 7.35. The van der Waals surface area contributed by atoms with Crippen LogP contribution in [0.5, 0.6) is 0 Å². The van der Waals surface area contributed by atoms with Crippen molar-refractivity contribution in [1.82, 2.24) is 0 Å². The summed E-state index contributed by atoms with van der Waals surface area (Å²) in [5, 5.41) is 0. The van der Waals surface area contributed by atoms with Crippen molar-refractivity contribution in [3.05, 3.63) is 35.4 Å². The van der Waals surface area contributed by atoms with Crippen LogP contribution in [0.1, 0.15) is 17.5 Å². The first-order valence-corrected chi connectivity index (χ1v) is 4.98. The molecule has 0 N–H and O–H groups in total. The third kappa shape index (κ3) is 1.48. The highest BCUT2D eigenvalue weighted by Gasteiger charge is 2.14. The largest absolute Gasteiger partial charge is 0.0887 e. The minimum absolute atomic E-state index is 0.706. The topological polar surface area (TPSA) is 0 Å². The number of fused-ring (bicyclic) bond motifs is 1. The van der Waals surface area contributed by atoms with Crippen molar-refractivity contribution < 1.29 is 0 Å². The van der Waals surface area contributed by atoms with E-state index < -0.39 is 0 Å². The third-order valence-electron chi connectivity index (χ3n) is 2.29. The van der Waals surface area contributed by atoms with Gasteiger partial charge in [0.1, 0.15) is 0 Å². The monoisotopic (exact) mass is 210 g/mol. The predicted molar refractivity (Wildman–Crippen MR) is 51.2 cm³/mol. The SMILES string of the molecule is BrC1CCc2ccccc2C1. The van der Waals surface area contributed by atoms with Crippen LogP contribution in [0.2, 0.25) is 0 Å². The maximum Gasteiger partial charge on any atom is 0.0189 e. The van der Waals surface area contributed by atoms with Crippen LogP contribution in [0.15, 0.2) is 24.3 Å². The standard InChI is InChI=1S/C10H11Br/c11-10-6-5-8-3-1-2-4-9(8)7-10/h1-4,10H,5-7H2. The number of halogens is 1. The Hall–Kier alpha value is -0.300. The second-order valence-corrected chi connectivity index (χ2v) is 4.40. The molecule has 0 saturated carbocycles. The molecule has 1 unspecified atom stereocenters. The highest BCUT2D eigenvalue weighted by atomic mass is 79.9. The van der Waals surface area contributed by atoms with Crippen molar-refractivity contribution in [3.8, 4) is 0 Å². The molecular weight excluding hydrogens is 200 g/mol. The predicted octanol–water partition coefficient (Wildman–Crippen LogP) is 2.94. The second-order valence-electron chi connectivity index (χ2n) is 3.11. The van der Waals surface area contributed by atoms with E-state index in [1.54, 1.807) is 5.56 Å². The lowest BCUT2D eigenvalue weighted by Crippen LogP contribution is -2.12. The van der Waals surface area contributed by atoms with E-state index >= 15 is 0 Å². The van der Waals surface area contributed by atoms with Crippen LogP contribution in [0.4, 0.5) is 0 Å². The first-order chi connectivity index (χ1) is 5.36. The van der Waals surface area contributed by atoms with Crippen LogP contribution in [0, 0.1) is 0 Å². The summed E-state index contributed by atoms with van der Waals surface area (Å²) in [6, 6.07) is 8.74. The van der Waals surface area contributed by atoms with Gasteiger partial charge >= 0.3 is 0 Å². The lowest BCUT2D eigenvalue weighted by molar-refractivity contribution is 0.712. The zero-order valence-electron chi connectivity index (χ0n) is 6.39. The quantitative estimate of drug-likeness (QED) is 0.579. The number of benzene rings is 1. The van der Waals surface area contributed by atoms with Gasteiger partial charge in [-0.25, -0.2) is 0 Å². The summed E-state index contributed by atoms with van der Waals surface area (Å²) in [6.45, 7) is 0. The Morgan fingerprint density at radius 1 is 1.18 bits per heavy atom. The van der Waals surface area contributed by atoms with Gasteiger partial charge in [0.25, 0.3) is 0 Å². The van der Waals surface area contributed by atoms with Crippen LogP contribution in [0.25, 0.3) is 0 Å². The van der Waals surface area contributed by atoms with Crippen LogP contribution < -0.4 is 0 Å². The third-order valence-corrected chi connectivity index (χ3v) is 3.07. The lowest BCUT2D eigenvalue weighted by atomic mass is 9.92. The van der Waals surface area contributed by atoms with Gasteiger partial charge in [-0.05, 0) is 30.4 Å². The zero-order valence-corrected chi connectivity index (χ0v) is 7.97.